The van der Waals surface area contributed by atoms with Crippen LogP contribution in [0.15, 0.2) is 54.3 Å². The third-order valence-electron chi connectivity index (χ3n) is 4.96. The highest BCUT2D eigenvalue weighted by molar-refractivity contribution is 7.16. The number of carbonyl (C=O) groups excluding carboxylic acids is 1. The highest BCUT2D eigenvalue weighted by Crippen LogP contribution is 2.22. The number of hydrogen-bond acceptors (Lipinski definition) is 7. The lowest BCUT2D eigenvalue weighted by atomic mass is 10.1. The SMILES string of the molecule is O=C(c1ccc2ncsc2c1)N1CCC(Oc2ccc(-n3cccn3)nn2)CC1. The van der Waals surface area contributed by atoms with E-state index in [1.165, 1.54) is 0 Å². The topological polar surface area (TPSA) is 86.0 Å². The molecule has 1 aliphatic rings. The zero-order valence-electron chi connectivity index (χ0n) is 15.5. The van der Waals surface area contributed by atoms with Crippen molar-refractivity contribution >= 4 is 27.5 Å². The number of rotatable bonds is 4. The summed E-state index contributed by atoms with van der Waals surface area (Å²) in [5.74, 6) is 1.18. The molecule has 0 bridgehead atoms. The molecule has 1 fully saturated rings. The molecular formula is C20H18N6O2S. The van der Waals surface area contributed by atoms with Crippen molar-refractivity contribution in [2.75, 3.05) is 13.1 Å². The summed E-state index contributed by atoms with van der Waals surface area (Å²) in [4.78, 5) is 19.0. The minimum Gasteiger partial charge on any atom is -0.473 e. The Hall–Kier alpha value is -3.33. The van der Waals surface area contributed by atoms with E-state index >= 15 is 0 Å². The molecule has 1 amide bonds. The van der Waals surface area contributed by atoms with Gasteiger partial charge in [-0.05, 0) is 30.3 Å². The molecule has 0 atom stereocenters. The normalized spacial score (nSPS) is 15.0. The van der Waals surface area contributed by atoms with E-state index in [0.717, 1.165) is 23.1 Å². The van der Waals surface area contributed by atoms with Crippen molar-refractivity contribution < 1.29 is 9.53 Å². The predicted octanol–water partition coefficient (Wildman–Crippen LogP) is 2.96. The summed E-state index contributed by atoms with van der Waals surface area (Å²) in [7, 11) is 0. The Morgan fingerprint density at radius 1 is 1.14 bits per heavy atom. The van der Waals surface area contributed by atoms with E-state index in [4.69, 9.17) is 4.74 Å². The van der Waals surface area contributed by atoms with Gasteiger partial charge in [-0.15, -0.1) is 21.5 Å². The summed E-state index contributed by atoms with van der Waals surface area (Å²) in [6.07, 6.45) is 5.04. The molecule has 146 valence electrons. The summed E-state index contributed by atoms with van der Waals surface area (Å²) in [5.41, 5.74) is 3.44. The van der Waals surface area contributed by atoms with Crippen molar-refractivity contribution in [3.05, 3.63) is 59.9 Å². The fraction of sp³-hybridized carbons (Fsp3) is 0.250. The van der Waals surface area contributed by atoms with Crippen LogP contribution in [0, 0.1) is 0 Å². The van der Waals surface area contributed by atoms with Crippen molar-refractivity contribution in [2.45, 2.75) is 18.9 Å². The fourth-order valence-corrected chi connectivity index (χ4v) is 4.14. The van der Waals surface area contributed by atoms with Crippen LogP contribution in [-0.2, 0) is 0 Å². The maximum absolute atomic E-state index is 12.8. The highest BCUT2D eigenvalue weighted by Gasteiger charge is 2.25. The zero-order chi connectivity index (χ0) is 19.6. The number of piperidine rings is 1. The molecule has 0 radical (unpaired) electrons. The van der Waals surface area contributed by atoms with Crippen LogP contribution in [-0.4, -0.2) is 55.0 Å². The molecule has 0 aliphatic carbocycles. The monoisotopic (exact) mass is 406 g/mol. The molecule has 4 aromatic rings. The van der Waals surface area contributed by atoms with E-state index in [1.54, 1.807) is 33.8 Å². The summed E-state index contributed by atoms with van der Waals surface area (Å²) in [6.45, 7) is 1.31. The average molecular weight is 406 g/mol. The second-order valence-corrected chi connectivity index (χ2v) is 7.71. The van der Waals surface area contributed by atoms with Gasteiger partial charge in [0.2, 0.25) is 5.88 Å². The van der Waals surface area contributed by atoms with Crippen molar-refractivity contribution in [1.82, 2.24) is 29.9 Å². The number of amides is 1. The lowest BCUT2D eigenvalue weighted by Crippen LogP contribution is -2.41. The fourth-order valence-electron chi connectivity index (χ4n) is 3.42. The first-order valence-corrected chi connectivity index (χ1v) is 10.3. The molecular weight excluding hydrogens is 388 g/mol. The molecule has 0 unspecified atom stereocenters. The largest absolute Gasteiger partial charge is 0.473 e. The van der Waals surface area contributed by atoms with Gasteiger partial charge in [0.05, 0.1) is 15.7 Å². The molecule has 1 saturated heterocycles. The highest BCUT2D eigenvalue weighted by atomic mass is 32.1. The first-order chi connectivity index (χ1) is 14.3. The number of benzene rings is 1. The molecule has 5 rings (SSSR count). The van der Waals surface area contributed by atoms with E-state index in [2.05, 4.69) is 20.3 Å². The Balaban J connectivity index is 1.18. The van der Waals surface area contributed by atoms with Crippen molar-refractivity contribution in [2.24, 2.45) is 0 Å². The first-order valence-electron chi connectivity index (χ1n) is 9.39. The molecule has 0 saturated carbocycles. The minimum absolute atomic E-state index is 0.0212. The third-order valence-corrected chi connectivity index (χ3v) is 5.75. The zero-order valence-corrected chi connectivity index (χ0v) is 16.3. The Bertz CT molecular complexity index is 1120. The van der Waals surface area contributed by atoms with Gasteiger partial charge in [-0.2, -0.15) is 5.10 Å². The molecule has 0 spiro atoms. The second kappa shape index (κ2) is 7.59. The van der Waals surface area contributed by atoms with E-state index in [0.29, 0.717) is 30.4 Å². The molecule has 0 N–H and O–H groups in total. The number of aromatic nitrogens is 5. The average Bonchev–Trinajstić information content (AvgIpc) is 3.46. The van der Waals surface area contributed by atoms with E-state index in [-0.39, 0.29) is 12.0 Å². The van der Waals surface area contributed by atoms with Gasteiger partial charge < -0.3 is 9.64 Å². The van der Waals surface area contributed by atoms with Crippen LogP contribution in [0.1, 0.15) is 23.2 Å². The Kier molecular flexibility index (Phi) is 4.65. The number of likely N-dealkylation sites (tertiary alicyclic amines) is 1. The minimum atomic E-state index is 0.0212. The second-order valence-electron chi connectivity index (χ2n) is 6.82. The predicted molar refractivity (Wildman–Crippen MR) is 108 cm³/mol. The Morgan fingerprint density at radius 2 is 2.03 bits per heavy atom. The smallest absolute Gasteiger partial charge is 0.253 e. The quantitative estimate of drug-likeness (QED) is 0.518. The van der Waals surface area contributed by atoms with Crippen LogP contribution in [0.4, 0.5) is 0 Å². The standard InChI is InChI=1S/C20H18N6O2S/c27-20(14-2-3-16-17(12-14)29-13-21-16)25-10-6-15(7-11-25)28-19-5-4-18(23-24-19)26-9-1-8-22-26/h1-5,8-9,12-13,15H,6-7,10-11H2. The molecule has 3 aromatic heterocycles. The lowest BCUT2D eigenvalue weighted by molar-refractivity contribution is 0.0586. The first kappa shape index (κ1) is 17.7. The summed E-state index contributed by atoms with van der Waals surface area (Å²) in [5, 5.41) is 12.4. The summed E-state index contributed by atoms with van der Waals surface area (Å²) in [6, 6.07) is 11.1. The number of hydrogen-bond donors (Lipinski definition) is 0. The Labute approximate surface area is 170 Å². The van der Waals surface area contributed by atoms with Crippen LogP contribution < -0.4 is 4.74 Å². The maximum atomic E-state index is 12.8. The number of fused-ring (bicyclic) bond motifs is 1. The number of ether oxygens (including phenoxy) is 1. The van der Waals surface area contributed by atoms with Crippen molar-refractivity contribution in [3.63, 3.8) is 0 Å². The number of thiazole rings is 1. The van der Waals surface area contributed by atoms with Crippen LogP contribution in [0.5, 0.6) is 5.88 Å². The van der Waals surface area contributed by atoms with Crippen molar-refractivity contribution in [1.29, 1.82) is 0 Å². The van der Waals surface area contributed by atoms with Crippen LogP contribution in [0.3, 0.4) is 0 Å². The van der Waals surface area contributed by atoms with Crippen LogP contribution >= 0.6 is 11.3 Å². The molecule has 9 heteroatoms. The summed E-state index contributed by atoms with van der Waals surface area (Å²) >= 11 is 1.55. The third kappa shape index (κ3) is 3.68. The maximum Gasteiger partial charge on any atom is 0.253 e. The molecule has 4 heterocycles. The van der Waals surface area contributed by atoms with Gasteiger partial charge >= 0.3 is 0 Å². The molecule has 8 nitrogen and oxygen atoms in total. The van der Waals surface area contributed by atoms with E-state index in [1.807, 2.05) is 41.4 Å². The molecule has 1 aliphatic heterocycles. The van der Waals surface area contributed by atoms with Crippen LogP contribution in [0.25, 0.3) is 16.0 Å². The van der Waals surface area contributed by atoms with Crippen molar-refractivity contribution in [3.8, 4) is 11.7 Å². The number of nitrogens with zero attached hydrogens (tertiary/aromatic N) is 6. The summed E-state index contributed by atoms with van der Waals surface area (Å²) < 4.78 is 8.64. The van der Waals surface area contributed by atoms with Gasteiger partial charge in [-0.1, -0.05) is 0 Å². The van der Waals surface area contributed by atoms with Crippen LogP contribution in [0.2, 0.25) is 0 Å². The molecule has 1 aromatic carbocycles. The van der Waals surface area contributed by atoms with Gasteiger partial charge in [-0.25, -0.2) is 9.67 Å². The Morgan fingerprint density at radius 3 is 2.79 bits per heavy atom. The van der Waals surface area contributed by atoms with Gasteiger partial charge in [0.1, 0.15) is 6.10 Å². The lowest BCUT2D eigenvalue weighted by Gasteiger charge is -2.31. The van der Waals surface area contributed by atoms with Gasteiger partial charge in [-0.3, -0.25) is 4.79 Å². The van der Waals surface area contributed by atoms with E-state index < -0.39 is 0 Å². The van der Waals surface area contributed by atoms with Gasteiger partial charge in [0, 0.05) is 50.0 Å². The van der Waals surface area contributed by atoms with E-state index in [9.17, 15) is 4.79 Å². The number of carbonyl (C=O) groups is 1. The molecule has 29 heavy (non-hydrogen) atoms. The van der Waals surface area contributed by atoms with Gasteiger partial charge in [0.15, 0.2) is 5.82 Å². The van der Waals surface area contributed by atoms with Gasteiger partial charge in [0.25, 0.3) is 5.91 Å².